The van der Waals surface area contributed by atoms with E-state index in [1.165, 1.54) is 0 Å². The summed E-state index contributed by atoms with van der Waals surface area (Å²) < 4.78 is 16.1. The van der Waals surface area contributed by atoms with E-state index in [1.807, 2.05) is 18.2 Å². The number of benzene rings is 1. The molecular formula is C18H30N4O3. The van der Waals surface area contributed by atoms with E-state index in [0.29, 0.717) is 23.6 Å². The predicted molar refractivity (Wildman–Crippen MR) is 101 cm³/mol. The molecule has 0 saturated carbocycles. The Morgan fingerprint density at radius 2 is 2.12 bits per heavy atom. The van der Waals surface area contributed by atoms with Gasteiger partial charge < -0.3 is 24.8 Å². The number of aliphatic imine (C=N–C) groups is 1. The van der Waals surface area contributed by atoms with E-state index in [9.17, 15) is 0 Å². The van der Waals surface area contributed by atoms with Gasteiger partial charge in [0.25, 0.3) is 0 Å². The number of guanidine groups is 1. The monoisotopic (exact) mass is 350 g/mol. The average molecular weight is 350 g/mol. The molecule has 7 heteroatoms. The van der Waals surface area contributed by atoms with Gasteiger partial charge in [-0.05, 0) is 26.0 Å². The first-order valence-electron chi connectivity index (χ1n) is 8.62. The Labute approximate surface area is 150 Å². The van der Waals surface area contributed by atoms with Crippen molar-refractivity contribution in [3.8, 4) is 11.5 Å². The smallest absolute Gasteiger partial charge is 0.195 e. The summed E-state index contributed by atoms with van der Waals surface area (Å²) in [5.74, 6) is 2.10. The van der Waals surface area contributed by atoms with Crippen molar-refractivity contribution in [1.82, 2.24) is 10.2 Å². The van der Waals surface area contributed by atoms with Gasteiger partial charge in [-0.1, -0.05) is 0 Å². The van der Waals surface area contributed by atoms with E-state index in [1.54, 1.807) is 21.3 Å². The van der Waals surface area contributed by atoms with Crippen molar-refractivity contribution in [3.05, 3.63) is 18.2 Å². The Bertz CT molecular complexity index is 579. The largest absolute Gasteiger partial charge is 0.493 e. The minimum Gasteiger partial charge on any atom is -0.493 e. The van der Waals surface area contributed by atoms with Crippen LogP contribution in [0, 0.1) is 0 Å². The Hall–Kier alpha value is -1.99. The number of rotatable bonds is 6. The Morgan fingerprint density at radius 1 is 1.36 bits per heavy atom. The molecule has 0 radical (unpaired) electrons. The van der Waals surface area contributed by atoms with Crippen LogP contribution in [0.1, 0.15) is 13.8 Å². The van der Waals surface area contributed by atoms with Crippen LogP contribution in [0.5, 0.6) is 11.5 Å². The molecule has 1 fully saturated rings. The fourth-order valence-electron chi connectivity index (χ4n) is 2.99. The zero-order chi connectivity index (χ0) is 18.2. The molecule has 0 aliphatic carbocycles. The zero-order valence-corrected chi connectivity index (χ0v) is 15.8. The van der Waals surface area contributed by atoms with Crippen LogP contribution < -0.4 is 20.1 Å². The van der Waals surface area contributed by atoms with E-state index in [2.05, 4.69) is 34.4 Å². The molecule has 1 aromatic carbocycles. The highest BCUT2D eigenvalue weighted by molar-refractivity contribution is 5.93. The first-order chi connectivity index (χ1) is 12.1. The number of hydrogen-bond donors (Lipinski definition) is 2. The summed E-state index contributed by atoms with van der Waals surface area (Å²) in [7, 11) is 5.01. The summed E-state index contributed by atoms with van der Waals surface area (Å²) in [6.45, 7) is 7.78. The molecule has 140 valence electrons. The van der Waals surface area contributed by atoms with Crippen LogP contribution >= 0.6 is 0 Å². The lowest BCUT2D eigenvalue weighted by molar-refractivity contribution is -0.0173. The number of ether oxygens (including phenoxy) is 3. The van der Waals surface area contributed by atoms with Crippen LogP contribution in [-0.4, -0.2) is 70.5 Å². The quantitative estimate of drug-likeness (QED) is 0.602. The average Bonchev–Trinajstić information content (AvgIpc) is 2.64. The first kappa shape index (κ1) is 19.3. The van der Waals surface area contributed by atoms with Crippen molar-refractivity contribution in [2.75, 3.05) is 52.9 Å². The van der Waals surface area contributed by atoms with Crippen molar-refractivity contribution in [3.63, 3.8) is 0 Å². The van der Waals surface area contributed by atoms with Gasteiger partial charge in [-0.15, -0.1) is 0 Å². The molecule has 2 unspecified atom stereocenters. The Morgan fingerprint density at radius 3 is 2.76 bits per heavy atom. The molecule has 7 nitrogen and oxygen atoms in total. The fraction of sp³-hybridized carbons (Fsp3) is 0.611. The van der Waals surface area contributed by atoms with Crippen LogP contribution in [0.4, 0.5) is 5.69 Å². The fourth-order valence-corrected chi connectivity index (χ4v) is 2.99. The van der Waals surface area contributed by atoms with Gasteiger partial charge in [-0.2, -0.15) is 0 Å². The maximum Gasteiger partial charge on any atom is 0.195 e. The maximum atomic E-state index is 5.51. The van der Waals surface area contributed by atoms with Crippen LogP contribution in [0.3, 0.4) is 0 Å². The summed E-state index contributed by atoms with van der Waals surface area (Å²) in [6.07, 6.45) is 0. The van der Waals surface area contributed by atoms with E-state index < -0.39 is 0 Å². The molecule has 2 N–H and O–H groups in total. The third kappa shape index (κ3) is 5.24. The van der Waals surface area contributed by atoms with Crippen molar-refractivity contribution < 1.29 is 14.2 Å². The number of anilines is 1. The topological polar surface area (TPSA) is 67.4 Å². The highest BCUT2D eigenvalue weighted by atomic mass is 16.5. The lowest BCUT2D eigenvalue weighted by atomic mass is 10.2. The standard InChI is InChI=1S/C18H30N4O3/c1-13(22-8-9-25-12-14(22)2)11-20-18(19-3)21-15-6-7-16(23-4)17(10-15)24-5/h6-7,10,13-14H,8-9,11-12H2,1-5H3,(H2,19,20,21). The van der Waals surface area contributed by atoms with Crippen molar-refractivity contribution in [1.29, 1.82) is 0 Å². The van der Waals surface area contributed by atoms with Gasteiger partial charge in [0.05, 0.1) is 27.4 Å². The summed E-state index contributed by atoms with van der Waals surface area (Å²) in [5.41, 5.74) is 0.887. The van der Waals surface area contributed by atoms with Gasteiger partial charge in [0.1, 0.15) is 0 Å². The minimum absolute atomic E-state index is 0.392. The molecule has 2 atom stereocenters. The van der Waals surface area contributed by atoms with Crippen molar-refractivity contribution in [2.24, 2.45) is 4.99 Å². The number of nitrogens with zero attached hydrogens (tertiary/aromatic N) is 2. The Balaban J connectivity index is 1.92. The predicted octanol–water partition coefficient (Wildman–Crippen LogP) is 1.80. The van der Waals surface area contributed by atoms with E-state index in [-0.39, 0.29) is 0 Å². The van der Waals surface area contributed by atoms with Crippen LogP contribution in [0.2, 0.25) is 0 Å². The SMILES string of the molecule is CN=C(NCC(C)N1CCOCC1C)Nc1ccc(OC)c(OC)c1. The highest BCUT2D eigenvalue weighted by Crippen LogP contribution is 2.29. The summed E-state index contributed by atoms with van der Waals surface area (Å²) >= 11 is 0. The molecule has 25 heavy (non-hydrogen) atoms. The van der Waals surface area contributed by atoms with Gasteiger partial charge in [0.15, 0.2) is 17.5 Å². The Kier molecular flexibility index (Phi) is 7.33. The number of nitrogens with one attached hydrogen (secondary N) is 2. The van der Waals surface area contributed by atoms with Crippen LogP contribution in [-0.2, 0) is 4.74 Å². The molecule has 1 aliphatic rings. The highest BCUT2D eigenvalue weighted by Gasteiger charge is 2.23. The van der Waals surface area contributed by atoms with E-state index in [0.717, 1.165) is 38.0 Å². The number of methoxy groups -OCH3 is 2. The van der Waals surface area contributed by atoms with Gasteiger partial charge in [-0.25, -0.2) is 0 Å². The molecule has 0 bridgehead atoms. The van der Waals surface area contributed by atoms with E-state index >= 15 is 0 Å². The van der Waals surface area contributed by atoms with Gasteiger partial charge >= 0.3 is 0 Å². The summed E-state index contributed by atoms with van der Waals surface area (Å²) in [6, 6.07) is 6.52. The third-order valence-corrected chi connectivity index (χ3v) is 4.42. The normalized spacial score (nSPS) is 20.0. The molecule has 1 aromatic rings. The van der Waals surface area contributed by atoms with Gasteiger partial charge in [0, 0.05) is 44.0 Å². The van der Waals surface area contributed by atoms with Gasteiger partial charge in [0.2, 0.25) is 0 Å². The van der Waals surface area contributed by atoms with E-state index in [4.69, 9.17) is 14.2 Å². The zero-order valence-electron chi connectivity index (χ0n) is 15.8. The van der Waals surface area contributed by atoms with Gasteiger partial charge in [-0.3, -0.25) is 9.89 Å². The van der Waals surface area contributed by atoms with Crippen molar-refractivity contribution in [2.45, 2.75) is 25.9 Å². The number of hydrogen-bond acceptors (Lipinski definition) is 5. The molecule has 0 amide bonds. The minimum atomic E-state index is 0.392. The lowest BCUT2D eigenvalue weighted by Crippen LogP contribution is -2.52. The van der Waals surface area contributed by atoms with Crippen LogP contribution in [0.25, 0.3) is 0 Å². The summed E-state index contributed by atoms with van der Waals surface area (Å²) in [4.78, 5) is 6.76. The molecule has 1 saturated heterocycles. The second kappa shape index (κ2) is 9.48. The molecule has 1 heterocycles. The second-order valence-corrected chi connectivity index (χ2v) is 6.16. The van der Waals surface area contributed by atoms with Crippen LogP contribution in [0.15, 0.2) is 23.2 Å². The van der Waals surface area contributed by atoms with Crippen molar-refractivity contribution >= 4 is 11.6 Å². The molecule has 0 aromatic heterocycles. The second-order valence-electron chi connectivity index (χ2n) is 6.16. The maximum absolute atomic E-state index is 5.51. The summed E-state index contributed by atoms with van der Waals surface area (Å²) in [5, 5.41) is 6.67. The molecular weight excluding hydrogens is 320 g/mol. The first-order valence-corrected chi connectivity index (χ1v) is 8.62. The molecule has 0 spiro atoms. The lowest BCUT2D eigenvalue weighted by Gasteiger charge is -2.38. The molecule has 2 rings (SSSR count). The third-order valence-electron chi connectivity index (χ3n) is 4.42. The number of morpholine rings is 1. The molecule has 1 aliphatic heterocycles.